The van der Waals surface area contributed by atoms with Crippen LogP contribution in [-0.2, 0) is 6.18 Å². The monoisotopic (exact) mass is 743 g/mol. The summed E-state index contributed by atoms with van der Waals surface area (Å²) in [5, 5.41) is 14.9. The van der Waals surface area contributed by atoms with E-state index in [1.54, 1.807) is 25.1 Å². The molecule has 0 N–H and O–H groups in total. The Hall–Kier alpha value is -7.36. The number of alkyl halides is 3. The van der Waals surface area contributed by atoms with Gasteiger partial charge in [0.25, 0.3) is 0 Å². The van der Waals surface area contributed by atoms with Gasteiger partial charge in [-0.05, 0) is 82.8 Å². The average Bonchev–Trinajstić information content (AvgIpc) is 3.75. The second-order valence-corrected chi connectivity index (χ2v) is 14.4. The summed E-state index contributed by atoms with van der Waals surface area (Å²) in [5.41, 5.74) is 9.04. The topological polar surface area (TPSA) is 33.6 Å². The Morgan fingerprint density at radius 3 is 1.44 bits per heavy atom. The largest absolute Gasteiger partial charge is 0.417 e. The first-order chi connectivity index (χ1) is 27.8. The van der Waals surface area contributed by atoms with Gasteiger partial charge in [0, 0.05) is 27.1 Å². The van der Waals surface area contributed by atoms with Gasteiger partial charge in [-0.2, -0.15) is 18.4 Å². The van der Waals surface area contributed by atoms with E-state index in [0.717, 1.165) is 71.9 Å². The van der Waals surface area contributed by atoms with Crippen LogP contribution in [-0.4, -0.2) is 9.13 Å². The predicted octanol–water partition coefficient (Wildman–Crippen LogP) is 14.1. The summed E-state index contributed by atoms with van der Waals surface area (Å²) >= 11 is 0. The van der Waals surface area contributed by atoms with Gasteiger partial charge in [-0.15, -0.1) is 0 Å². The number of hydrogen-bond donors (Lipinski definition) is 0. The Morgan fingerprint density at radius 1 is 0.456 bits per heavy atom. The zero-order valence-electron chi connectivity index (χ0n) is 30.7. The molecule has 0 aliphatic rings. The summed E-state index contributed by atoms with van der Waals surface area (Å²) in [4.78, 5) is 0. The summed E-state index contributed by atoms with van der Waals surface area (Å²) in [6.45, 7) is 1.67. The Labute approximate surface area is 326 Å². The number of nitriles is 1. The number of halogens is 3. The zero-order chi connectivity index (χ0) is 38.8. The minimum atomic E-state index is -4.65. The Bertz CT molecular complexity index is 3240. The first-order valence-electron chi connectivity index (χ1n) is 18.7. The molecule has 0 aliphatic carbocycles. The van der Waals surface area contributed by atoms with Gasteiger partial charge in [0.05, 0.1) is 50.6 Å². The fraction of sp³-hybridized carbons (Fsp3) is 0.0392. The smallest absolute Gasteiger partial charge is 0.307 e. The molecular formula is C51H32F3N3. The number of nitrogens with zero attached hydrogens (tertiary/aromatic N) is 3. The van der Waals surface area contributed by atoms with E-state index in [-0.39, 0.29) is 16.7 Å². The van der Waals surface area contributed by atoms with Crippen LogP contribution in [0.4, 0.5) is 13.2 Å². The van der Waals surface area contributed by atoms with Gasteiger partial charge in [0.15, 0.2) is 0 Å². The highest BCUT2D eigenvalue weighted by molar-refractivity contribution is 6.13. The number of aromatic nitrogens is 2. The first kappa shape index (κ1) is 34.2. The third-order valence-electron chi connectivity index (χ3n) is 11.1. The van der Waals surface area contributed by atoms with E-state index in [9.17, 15) is 18.4 Å². The molecule has 2 heterocycles. The summed E-state index contributed by atoms with van der Waals surface area (Å²) in [7, 11) is 0. The lowest BCUT2D eigenvalue weighted by Crippen LogP contribution is -2.10. The molecule has 0 fully saturated rings. The molecule has 0 spiro atoms. The van der Waals surface area contributed by atoms with Crippen molar-refractivity contribution in [2.45, 2.75) is 13.1 Å². The SMILES string of the molecule is Cc1cccc(C(F)(F)F)c1-c1cc(-n2c3ccccc3c3ccc(-c4ccccc4)cc32)c(-n2c3ccccc3c3ccc(-c4ccccc4)cc32)cc1C#N. The molecule has 0 radical (unpaired) electrons. The third kappa shape index (κ3) is 5.50. The van der Waals surface area contributed by atoms with Gasteiger partial charge in [-0.3, -0.25) is 0 Å². The van der Waals surface area contributed by atoms with E-state index in [1.165, 1.54) is 6.07 Å². The molecule has 272 valence electrons. The Morgan fingerprint density at radius 2 is 0.930 bits per heavy atom. The number of benzene rings is 8. The molecule has 0 bridgehead atoms. The average molecular weight is 744 g/mol. The highest BCUT2D eigenvalue weighted by atomic mass is 19.4. The van der Waals surface area contributed by atoms with Crippen molar-refractivity contribution < 1.29 is 13.2 Å². The highest BCUT2D eigenvalue weighted by Gasteiger charge is 2.35. The van der Waals surface area contributed by atoms with Gasteiger partial charge >= 0.3 is 6.18 Å². The van der Waals surface area contributed by atoms with Crippen LogP contribution in [0.15, 0.2) is 176 Å². The number of rotatable bonds is 5. The molecule has 0 saturated heterocycles. The van der Waals surface area contributed by atoms with Crippen molar-refractivity contribution in [3.8, 4) is 50.8 Å². The summed E-state index contributed by atoms with van der Waals surface area (Å²) in [6.07, 6.45) is -4.65. The molecule has 57 heavy (non-hydrogen) atoms. The van der Waals surface area contributed by atoms with Gasteiger partial charge in [0.1, 0.15) is 0 Å². The number of para-hydroxylation sites is 2. The molecule has 0 saturated carbocycles. The molecule has 0 unspecified atom stereocenters. The summed E-state index contributed by atoms with van der Waals surface area (Å²) in [5.74, 6) is 0. The maximum atomic E-state index is 14.9. The lowest BCUT2D eigenvalue weighted by Gasteiger charge is -2.22. The van der Waals surface area contributed by atoms with Crippen molar-refractivity contribution in [1.82, 2.24) is 9.13 Å². The van der Waals surface area contributed by atoms with Crippen LogP contribution in [0.2, 0.25) is 0 Å². The first-order valence-corrected chi connectivity index (χ1v) is 18.7. The van der Waals surface area contributed by atoms with Gasteiger partial charge < -0.3 is 9.13 Å². The van der Waals surface area contributed by atoms with Crippen LogP contribution in [0.1, 0.15) is 16.7 Å². The Kier molecular flexibility index (Phi) is 7.88. The van der Waals surface area contributed by atoms with E-state index < -0.39 is 11.7 Å². The normalized spacial score (nSPS) is 11.8. The fourth-order valence-electron chi connectivity index (χ4n) is 8.58. The number of aryl methyl sites for hydroxylation is 1. The predicted molar refractivity (Wildman–Crippen MR) is 226 cm³/mol. The number of fused-ring (bicyclic) bond motifs is 6. The van der Waals surface area contributed by atoms with Crippen LogP contribution in [0.5, 0.6) is 0 Å². The molecule has 2 aromatic heterocycles. The van der Waals surface area contributed by atoms with Crippen LogP contribution in [0.25, 0.3) is 88.4 Å². The van der Waals surface area contributed by atoms with Crippen molar-refractivity contribution in [3.63, 3.8) is 0 Å². The molecule has 3 nitrogen and oxygen atoms in total. The fourth-order valence-corrected chi connectivity index (χ4v) is 8.58. The van der Waals surface area contributed by atoms with Crippen molar-refractivity contribution in [2.75, 3.05) is 0 Å². The Balaban J connectivity index is 1.39. The van der Waals surface area contributed by atoms with Crippen molar-refractivity contribution in [3.05, 3.63) is 193 Å². The minimum Gasteiger partial charge on any atom is -0.307 e. The number of hydrogen-bond acceptors (Lipinski definition) is 1. The van der Waals surface area contributed by atoms with Crippen LogP contribution >= 0.6 is 0 Å². The molecule has 8 aromatic carbocycles. The van der Waals surface area contributed by atoms with E-state index in [1.807, 2.05) is 66.7 Å². The van der Waals surface area contributed by atoms with E-state index >= 15 is 0 Å². The maximum Gasteiger partial charge on any atom is 0.417 e. The molecule has 0 amide bonds. The minimum absolute atomic E-state index is 0.00585. The van der Waals surface area contributed by atoms with E-state index in [2.05, 4.69) is 94.1 Å². The molecule has 10 aromatic rings. The van der Waals surface area contributed by atoms with Crippen LogP contribution in [0, 0.1) is 18.3 Å². The van der Waals surface area contributed by atoms with Crippen LogP contribution in [0.3, 0.4) is 0 Å². The van der Waals surface area contributed by atoms with E-state index in [0.29, 0.717) is 16.9 Å². The second-order valence-electron chi connectivity index (χ2n) is 14.4. The molecule has 10 rings (SSSR count). The highest BCUT2D eigenvalue weighted by Crippen LogP contribution is 2.45. The molecule has 0 atom stereocenters. The standard InChI is InChI=1S/C51H32F3N3/c1-32-13-12-20-43(51(52,53)54)50(32)42-30-49(57-45-22-11-9-19-39(45)41-26-24-36(28-47(41)57)34-16-6-3-7-17-34)48(29-37(42)31-55)56-44-21-10-8-18-38(44)40-25-23-35(27-46(40)56)33-14-4-2-5-15-33/h2-30H,1H3. The van der Waals surface area contributed by atoms with Gasteiger partial charge in [-0.25, -0.2) is 0 Å². The quantitative estimate of drug-likeness (QED) is 0.173. The summed E-state index contributed by atoms with van der Waals surface area (Å²) < 4.78 is 49.0. The molecular weight excluding hydrogens is 712 g/mol. The lowest BCUT2D eigenvalue weighted by atomic mass is 9.90. The maximum absolute atomic E-state index is 14.9. The van der Waals surface area contributed by atoms with E-state index in [4.69, 9.17) is 0 Å². The van der Waals surface area contributed by atoms with Gasteiger partial charge in [0.2, 0.25) is 0 Å². The lowest BCUT2D eigenvalue weighted by molar-refractivity contribution is -0.137. The third-order valence-corrected chi connectivity index (χ3v) is 11.1. The zero-order valence-corrected chi connectivity index (χ0v) is 30.7. The van der Waals surface area contributed by atoms with Crippen molar-refractivity contribution in [1.29, 1.82) is 5.26 Å². The second kappa shape index (κ2) is 13.1. The van der Waals surface area contributed by atoms with Crippen molar-refractivity contribution >= 4 is 43.6 Å². The van der Waals surface area contributed by atoms with Gasteiger partial charge in [-0.1, -0.05) is 133 Å². The molecule has 6 heteroatoms. The van der Waals surface area contributed by atoms with Crippen molar-refractivity contribution in [2.24, 2.45) is 0 Å². The molecule has 0 aliphatic heterocycles. The summed E-state index contributed by atoms with van der Waals surface area (Å²) in [6, 6.07) is 59.4. The van der Waals surface area contributed by atoms with Crippen LogP contribution < -0.4 is 0 Å².